The summed E-state index contributed by atoms with van der Waals surface area (Å²) < 4.78 is 13.7. The number of nitrogens with zero attached hydrogens (tertiary/aromatic N) is 1. The van der Waals surface area contributed by atoms with E-state index in [-0.39, 0.29) is 23.3 Å². The monoisotopic (exact) mass is 267 g/mol. The highest BCUT2D eigenvalue weighted by atomic mass is 19.1. The van der Waals surface area contributed by atoms with Gasteiger partial charge in [0.15, 0.2) is 0 Å². The predicted molar refractivity (Wildman–Crippen MR) is 68.4 cm³/mol. The molecule has 1 saturated heterocycles. The minimum absolute atomic E-state index is 0.00877. The van der Waals surface area contributed by atoms with Crippen LogP contribution in [0.2, 0.25) is 0 Å². The minimum Gasteiger partial charge on any atom is -0.508 e. The van der Waals surface area contributed by atoms with Crippen LogP contribution < -0.4 is 0 Å². The lowest BCUT2D eigenvalue weighted by molar-refractivity contribution is 0.0354. The molecule has 0 bridgehead atoms. The van der Waals surface area contributed by atoms with E-state index in [0.29, 0.717) is 13.1 Å². The maximum Gasteiger partial charge on any atom is 0.256 e. The Balaban J connectivity index is 2.19. The van der Waals surface area contributed by atoms with Crippen LogP contribution in [-0.2, 0) is 0 Å². The second-order valence-corrected chi connectivity index (χ2v) is 5.46. The average Bonchev–Trinajstić information content (AvgIpc) is 2.38. The van der Waals surface area contributed by atoms with Crippen molar-refractivity contribution in [1.82, 2.24) is 4.90 Å². The van der Waals surface area contributed by atoms with Gasteiger partial charge < -0.3 is 15.1 Å². The summed E-state index contributed by atoms with van der Waals surface area (Å²) >= 11 is 0. The summed E-state index contributed by atoms with van der Waals surface area (Å²) in [7, 11) is 0. The molecule has 2 N–H and O–H groups in total. The van der Waals surface area contributed by atoms with E-state index in [2.05, 4.69) is 0 Å². The minimum atomic E-state index is -0.721. The van der Waals surface area contributed by atoms with Gasteiger partial charge in [-0.05, 0) is 25.0 Å². The van der Waals surface area contributed by atoms with E-state index >= 15 is 0 Å². The number of aromatic hydroxyl groups is 1. The molecule has 0 aromatic heterocycles. The fourth-order valence-electron chi connectivity index (χ4n) is 2.47. The van der Waals surface area contributed by atoms with Crippen LogP contribution in [0.4, 0.5) is 4.39 Å². The Morgan fingerprint density at radius 2 is 2.26 bits per heavy atom. The number of likely N-dealkylation sites (tertiary alicyclic amines) is 1. The first-order valence-corrected chi connectivity index (χ1v) is 6.34. The summed E-state index contributed by atoms with van der Waals surface area (Å²) in [5.41, 5.74) is -0.360. The van der Waals surface area contributed by atoms with Gasteiger partial charge in [0.25, 0.3) is 5.91 Å². The molecular weight excluding hydrogens is 249 g/mol. The molecule has 1 aromatic carbocycles. The van der Waals surface area contributed by atoms with Crippen LogP contribution in [0.25, 0.3) is 0 Å². The molecule has 0 spiro atoms. The first-order chi connectivity index (χ1) is 8.95. The number of hydrogen-bond acceptors (Lipinski definition) is 3. The van der Waals surface area contributed by atoms with Gasteiger partial charge in [-0.15, -0.1) is 0 Å². The normalized spacial score (nSPS) is 23.4. The number of carbonyl (C=O) groups is 1. The first kappa shape index (κ1) is 13.8. The number of phenols is 1. The number of amides is 1. The molecule has 1 amide bonds. The fraction of sp³-hybridized carbons (Fsp3) is 0.500. The molecule has 0 saturated carbocycles. The molecule has 0 aliphatic carbocycles. The molecule has 1 aliphatic rings. The van der Waals surface area contributed by atoms with Gasteiger partial charge in [0.1, 0.15) is 11.6 Å². The zero-order valence-electron chi connectivity index (χ0n) is 10.9. The van der Waals surface area contributed by atoms with Crippen LogP contribution in [0.15, 0.2) is 18.2 Å². The molecule has 0 unspecified atom stereocenters. The van der Waals surface area contributed by atoms with Crippen molar-refractivity contribution in [2.75, 3.05) is 19.7 Å². The Kier molecular flexibility index (Phi) is 3.75. The molecule has 4 nitrogen and oxygen atoms in total. The van der Waals surface area contributed by atoms with Crippen molar-refractivity contribution in [3.05, 3.63) is 29.6 Å². The summed E-state index contributed by atoms with van der Waals surface area (Å²) in [6.45, 7) is 2.91. The molecule has 1 heterocycles. The second kappa shape index (κ2) is 5.17. The van der Waals surface area contributed by atoms with Crippen LogP contribution in [-0.4, -0.2) is 40.7 Å². The molecular formula is C14H18FNO3. The van der Waals surface area contributed by atoms with Crippen molar-refractivity contribution in [2.24, 2.45) is 5.41 Å². The Bertz CT molecular complexity index is 492. The van der Waals surface area contributed by atoms with Gasteiger partial charge in [0, 0.05) is 24.6 Å². The number of carbonyl (C=O) groups excluding carboxylic acids is 1. The molecule has 104 valence electrons. The predicted octanol–water partition coefficient (Wildman–Crippen LogP) is 1.77. The Hall–Kier alpha value is -1.62. The SMILES string of the molecule is C[C@]1(CO)CCCN(C(=O)c2ccc(O)cc2F)C1. The molecule has 1 aromatic rings. The van der Waals surface area contributed by atoms with Crippen molar-refractivity contribution >= 4 is 5.91 Å². The number of hydrogen-bond donors (Lipinski definition) is 2. The van der Waals surface area contributed by atoms with Crippen molar-refractivity contribution in [3.63, 3.8) is 0 Å². The smallest absolute Gasteiger partial charge is 0.256 e. The third-order valence-electron chi connectivity index (χ3n) is 3.63. The van der Waals surface area contributed by atoms with Crippen LogP contribution in [0, 0.1) is 11.2 Å². The third-order valence-corrected chi connectivity index (χ3v) is 3.63. The molecule has 5 heteroatoms. The van der Waals surface area contributed by atoms with Crippen molar-refractivity contribution in [2.45, 2.75) is 19.8 Å². The first-order valence-electron chi connectivity index (χ1n) is 6.34. The van der Waals surface area contributed by atoms with Crippen LogP contribution >= 0.6 is 0 Å². The van der Waals surface area contributed by atoms with E-state index in [0.717, 1.165) is 18.9 Å². The lowest BCUT2D eigenvalue weighted by Gasteiger charge is -2.39. The van der Waals surface area contributed by atoms with E-state index in [1.807, 2.05) is 6.92 Å². The summed E-state index contributed by atoms with van der Waals surface area (Å²) in [6.07, 6.45) is 1.65. The van der Waals surface area contributed by atoms with Crippen molar-refractivity contribution in [3.8, 4) is 5.75 Å². The van der Waals surface area contributed by atoms with Gasteiger partial charge >= 0.3 is 0 Å². The highest BCUT2D eigenvalue weighted by Gasteiger charge is 2.33. The number of benzene rings is 1. The largest absolute Gasteiger partial charge is 0.508 e. The number of rotatable bonds is 2. The van der Waals surface area contributed by atoms with E-state index in [4.69, 9.17) is 5.11 Å². The van der Waals surface area contributed by atoms with Gasteiger partial charge in [-0.2, -0.15) is 0 Å². The highest BCUT2D eigenvalue weighted by Crippen LogP contribution is 2.30. The number of aliphatic hydroxyl groups is 1. The molecule has 1 fully saturated rings. The summed E-state index contributed by atoms with van der Waals surface area (Å²) in [6, 6.07) is 3.52. The van der Waals surface area contributed by atoms with E-state index in [1.165, 1.54) is 12.1 Å². The topological polar surface area (TPSA) is 60.8 Å². The molecule has 1 atom stereocenters. The quantitative estimate of drug-likeness (QED) is 0.858. The Morgan fingerprint density at radius 1 is 1.53 bits per heavy atom. The Morgan fingerprint density at radius 3 is 2.89 bits per heavy atom. The van der Waals surface area contributed by atoms with E-state index in [9.17, 15) is 14.3 Å². The second-order valence-electron chi connectivity index (χ2n) is 5.46. The maximum atomic E-state index is 13.7. The number of piperidine rings is 1. The van der Waals surface area contributed by atoms with E-state index < -0.39 is 11.7 Å². The highest BCUT2D eigenvalue weighted by molar-refractivity contribution is 5.94. The summed E-state index contributed by atoms with van der Waals surface area (Å²) in [4.78, 5) is 13.8. The van der Waals surface area contributed by atoms with Crippen molar-refractivity contribution in [1.29, 1.82) is 0 Å². The van der Waals surface area contributed by atoms with Gasteiger partial charge in [-0.25, -0.2) is 4.39 Å². The van der Waals surface area contributed by atoms with Crippen molar-refractivity contribution < 1.29 is 19.4 Å². The van der Waals surface area contributed by atoms with Gasteiger partial charge in [0.05, 0.1) is 12.2 Å². The zero-order valence-corrected chi connectivity index (χ0v) is 10.9. The van der Waals surface area contributed by atoms with Crippen LogP contribution in [0.3, 0.4) is 0 Å². The van der Waals surface area contributed by atoms with E-state index in [1.54, 1.807) is 4.90 Å². The van der Waals surface area contributed by atoms with Gasteiger partial charge in [0.2, 0.25) is 0 Å². The molecule has 19 heavy (non-hydrogen) atoms. The number of phenolic OH excluding ortho intramolecular Hbond substituents is 1. The number of halogens is 1. The third kappa shape index (κ3) is 2.87. The fourth-order valence-corrected chi connectivity index (χ4v) is 2.47. The Labute approximate surface area is 111 Å². The summed E-state index contributed by atoms with van der Waals surface area (Å²) in [5.74, 6) is -1.31. The molecule has 1 aliphatic heterocycles. The summed E-state index contributed by atoms with van der Waals surface area (Å²) in [5, 5.41) is 18.5. The average molecular weight is 267 g/mol. The molecule has 2 rings (SSSR count). The standard InChI is InChI=1S/C14H18FNO3/c1-14(9-17)5-2-6-16(8-14)13(19)11-4-3-10(18)7-12(11)15/h3-4,7,17-18H,2,5-6,8-9H2,1H3/t14-/m0/s1. The van der Waals surface area contributed by atoms with Crippen LogP contribution in [0.5, 0.6) is 5.75 Å². The molecule has 0 radical (unpaired) electrons. The lowest BCUT2D eigenvalue weighted by Crippen LogP contribution is -2.46. The lowest BCUT2D eigenvalue weighted by atomic mass is 9.82. The maximum absolute atomic E-state index is 13.7. The zero-order chi connectivity index (χ0) is 14.0. The number of aliphatic hydroxyl groups excluding tert-OH is 1. The van der Waals surface area contributed by atoms with Crippen LogP contribution in [0.1, 0.15) is 30.1 Å². The van der Waals surface area contributed by atoms with Gasteiger partial charge in [-0.1, -0.05) is 6.92 Å². The van der Waals surface area contributed by atoms with Gasteiger partial charge in [-0.3, -0.25) is 4.79 Å².